The summed E-state index contributed by atoms with van der Waals surface area (Å²) in [5.41, 5.74) is 4.38. The third kappa shape index (κ3) is 2.73. The first-order valence-electron chi connectivity index (χ1n) is 7.81. The first-order chi connectivity index (χ1) is 11.4. The minimum Gasteiger partial charge on any atom is -0.328 e. The summed E-state index contributed by atoms with van der Waals surface area (Å²) in [6.07, 6.45) is 1.84. The molecule has 0 aliphatic carbocycles. The standard InChI is InChI=1S/C18H20N4OS/c1-11-15(13(3)21(4)20-11)10-16-17(23)22(18(24)19-16)12(2)14-8-6-5-7-9-14/h5-10,12H,1-4H3,(H,19,24)/b16-10-/t12-/m0/s1. The van der Waals surface area contributed by atoms with E-state index in [-0.39, 0.29) is 11.9 Å². The summed E-state index contributed by atoms with van der Waals surface area (Å²) in [4.78, 5) is 14.5. The monoisotopic (exact) mass is 340 g/mol. The van der Waals surface area contributed by atoms with Crippen LogP contribution >= 0.6 is 12.2 Å². The molecule has 124 valence electrons. The highest BCUT2D eigenvalue weighted by Gasteiger charge is 2.35. The van der Waals surface area contributed by atoms with E-state index in [2.05, 4.69) is 10.4 Å². The second-order valence-electron chi connectivity index (χ2n) is 5.96. The SMILES string of the molecule is Cc1nn(C)c(C)c1/C=C1\NC(=S)N([C@@H](C)c2ccccc2)C1=O. The summed E-state index contributed by atoms with van der Waals surface area (Å²) in [6.45, 7) is 5.89. The number of nitrogens with zero attached hydrogens (tertiary/aromatic N) is 3. The van der Waals surface area contributed by atoms with E-state index < -0.39 is 0 Å². The van der Waals surface area contributed by atoms with Gasteiger partial charge in [-0.2, -0.15) is 5.10 Å². The maximum Gasteiger partial charge on any atom is 0.277 e. The fourth-order valence-electron chi connectivity index (χ4n) is 2.92. The van der Waals surface area contributed by atoms with Crippen molar-refractivity contribution in [2.75, 3.05) is 0 Å². The van der Waals surface area contributed by atoms with Crippen molar-refractivity contribution in [3.8, 4) is 0 Å². The molecule has 2 aromatic rings. The predicted molar refractivity (Wildman–Crippen MR) is 98.1 cm³/mol. The lowest BCUT2D eigenvalue weighted by Crippen LogP contribution is -2.33. The molecule has 1 aliphatic rings. The van der Waals surface area contributed by atoms with Crippen molar-refractivity contribution >= 4 is 29.3 Å². The lowest BCUT2D eigenvalue weighted by molar-refractivity contribution is -0.123. The molecule has 0 radical (unpaired) electrons. The summed E-state index contributed by atoms with van der Waals surface area (Å²) in [7, 11) is 1.89. The van der Waals surface area contributed by atoms with Crippen LogP contribution in [0.15, 0.2) is 36.0 Å². The molecule has 5 nitrogen and oxygen atoms in total. The van der Waals surface area contributed by atoms with Crippen molar-refractivity contribution in [1.82, 2.24) is 20.0 Å². The molecule has 0 saturated carbocycles. The first-order valence-corrected chi connectivity index (χ1v) is 8.22. The number of nitrogens with one attached hydrogen (secondary N) is 1. The van der Waals surface area contributed by atoms with Crippen LogP contribution in [0, 0.1) is 13.8 Å². The molecular weight excluding hydrogens is 320 g/mol. The quantitative estimate of drug-likeness (QED) is 0.689. The van der Waals surface area contributed by atoms with Gasteiger partial charge in [0, 0.05) is 18.3 Å². The van der Waals surface area contributed by atoms with E-state index in [1.54, 1.807) is 4.90 Å². The minimum absolute atomic E-state index is 0.112. The Kier molecular flexibility index (Phi) is 4.24. The molecule has 2 heterocycles. The largest absolute Gasteiger partial charge is 0.328 e. The molecule has 1 fully saturated rings. The topological polar surface area (TPSA) is 50.2 Å². The van der Waals surface area contributed by atoms with Crippen molar-refractivity contribution in [3.63, 3.8) is 0 Å². The molecule has 3 rings (SSSR count). The minimum atomic E-state index is -0.124. The highest BCUT2D eigenvalue weighted by atomic mass is 32.1. The molecule has 0 bridgehead atoms. The van der Waals surface area contributed by atoms with Gasteiger partial charge in [0.2, 0.25) is 0 Å². The smallest absolute Gasteiger partial charge is 0.277 e. The maximum absolute atomic E-state index is 12.8. The normalized spacial score (nSPS) is 17.5. The van der Waals surface area contributed by atoms with Gasteiger partial charge in [0.25, 0.3) is 5.91 Å². The first kappa shape index (κ1) is 16.4. The van der Waals surface area contributed by atoms with Crippen LogP contribution in [0.25, 0.3) is 6.08 Å². The Morgan fingerprint density at radius 3 is 2.50 bits per heavy atom. The van der Waals surface area contributed by atoms with E-state index in [4.69, 9.17) is 12.2 Å². The van der Waals surface area contributed by atoms with Crippen LogP contribution in [0.3, 0.4) is 0 Å². The molecule has 1 amide bonds. The fourth-order valence-corrected chi connectivity index (χ4v) is 3.28. The zero-order valence-corrected chi connectivity index (χ0v) is 15.0. The molecule has 0 spiro atoms. The second kappa shape index (κ2) is 6.20. The fraction of sp³-hybridized carbons (Fsp3) is 0.278. The Bertz CT molecular complexity index is 838. The van der Waals surface area contributed by atoms with E-state index in [0.717, 1.165) is 22.5 Å². The van der Waals surface area contributed by atoms with Crippen LogP contribution < -0.4 is 5.32 Å². The van der Waals surface area contributed by atoms with Gasteiger partial charge in [-0.15, -0.1) is 0 Å². The predicted octanol–water partition coefficient (Wildman–Crippen LogP) is 2.86. The van der Waals surface area contributed by atoms with E-state index in [1.807, 2.05) is 68.9 Å². The number of carbonyl (C=O) groups excluding carboxylic acids is 1. The summed E-state index contributed by atoms with van der Waals surface area (Å²) >= 11 is 5.39. The summed E-state index contributed by atoms with van der Waals surface area (Å²) < 4.78 is 1.81. The second-order valence-corrected chi connectivity index (χ2v) is 6.34. The Balaban J connectivity index is 1.93. The van der Waals surface area contributed by atoms with Crippen LogP contribution in [0.4, 0.5) is 0 Å². The van der Waals surface area contributed by atoms with Gasteiger partial charge in [-0.1, -0.05) is 30.3 Å². The molecule has 0 unspecified atom stereocenters. The number of rotatable bonds is 3. The Morgan fingerprint density at radius 2 is 1.92 bits per heavy atom. The van der Waals surface area contributed by atoms with Crippen molar-refractivity contribution in [3.05, 3.63) is 58.5 Å². The summed E-state index contributed by atoms with van der Waals surface area (Å²) in [6, 6.07) is 9.75. The molecule has 24 heavy (non-hydrogen) atoms. The number of benzene rings is 1. The third-order valence-electron chi connectivity index (χ3n) is 4.43. The maximum atomic E-state index is 12.8. The van der Waals surface area contributed by atoms with Crippen molar-refractivity contribution in [2.45, 2.75) is 26.8 Å². The number of thiocarbonyl (C=S) groups is 1. The van der Waals surface area contributed by atoms with Gasteiger partial charge in [0.05, 0.1) is 11.7 Å². The van der Waals surface area contributed by atoms with Gasteiger partial charge in [0.1, 0.15) is 5.70 Å². The number of hydrogen-bond donors (Lipinski definition) is 1. The van der Waals surface area contributed by atoms with Gasteiger partial charge in [-0.3, -0.25) is 14.4 Å². The van der Waals surface area contributed by atoms with Gasteiger partial charge in [0.15, 0.2) is 5.11 Å². The Labute approximate surface area is 147 Å². The van der Waals surface area contributed by atoms with Crippen molar-refractivity contribution in [1.29, 1.82) is 0 Å². The van der Waals surface area contributed by atoms with E-state index >= 15 is 0 Å². The van der Waals surface area contributed by atoms with Crippen LogP contribution in [0.1, 0.15) is 35.5 Å². The highest BCUT2D eigenvalue weighted by Crippen LogP contribution is 2.27. The number of hydrogen-bond acceptors (Lipinski definition) is 3. The molecule has 1 aliphatic heterocycles. The number of amides is 1. The number of aryl methyl sites for hydroxylation is 2. The Morgan fingerprint density at radius 1 is 1.25 bits per heavy atom. The van der Waals surface area contributed by atoms with Crippen LogP contribution in [-0.2, 0) is 11.8 Å². The lowest BCUT2D eigenvalue weighted by atomic mass is 10.1. The van der Waals surface area contributed by atoms with Crippen molar-refractivity contribution < 1.29 is 4.79 Å². The highest BCUT2D eigenvalue weighted by molar-refractivity contribution is 7.80. The zero-order valence-electron chi connectivity index (χ0n) is 14.2. The molecule has 1 aromatic carbocycles. The summed E-state index contributed by atoms with van der Waals surface area (Å²) in [5, 5.41) is 7.87. The molecular formula is C18H20N4OS. The lowest BCUT2D eigenvalue weighted by Gasteiger charge is -2.23. The zero-order chi connectivity index (χ0) is 17.4. The summed E-state index contributed by atoms with van der Waals surface area (Å²) in [5.74, 6) is -0.112. The van der Waals surface area contributed by atoms with E-state index in [1.165, 1.54) is 0 Å². The molecule has 1 aromatic heterocycles. The Hall–Kier alpha value is -2.47. The van der Waals surface area contributed by atoms with Gasteiger partial charge in [-0.05, 0) is 44.6 Å². The van der Waals surface area contributed by atoms with Gasteiger partial charge < -0.3 is 5.32 Å². The van der Waals surface area contributed by atoms with Crippen LogP contribution in [0.2, 0.25) is 0 Å². The molecule has 1 saturated heterocycles. The number of carbonyl (C=O) groups is 1. The van der Waals surface area contributed by atoms with Gasteiger partial charge >= 0.3 is 0 Å². The molecule has 6 heteroatoms. The molecule has 1 N–H and O–H groups in total. The number of aromatic nitrogens is 2. The average molecular weight is 340 g/mol. The van der Waals surface area contributed by atoms with Crippen molar-refractivity contribution in [2.24, 2.45) is 7.05 Å². The van der Waals surface area contributed by atoms with Crippen LogP contribution in [0.5, 0.6) is 0 Å². The van der Waals surface area contributed by atoms with Crippen LogP contribution in [-0.4, -0.2) is 25.7 Å². The molecule has 1 atom stereocenters. The van der Waals surface area contributed by atoms with E-state index in [0.29, 0.717) is 10.8 Å². The van der Waals surface area contributed by atoms with Gasteiger partial charge in [-0.25, -0.2) is 0 Å². The third-order valence-corrected chi connectivity index (χ3v) is 4.73. The average Bonchev–Trinajstić information content (AvgIpc) is 2.98. The van der Waals surface area contributed by atoms with E-state index in [9.17, 15) is 4.79 Å².